The normalized spacial score (nSPS) is 19.7. The molecule has 0 radical (unpaired) electrons. The van der Waals surface area contributed by atoms with Crippen LogP contribution in [0.15, 0.2) is 12.1 Å². The zero-order chi connectivity index (χ0) is 15.6. The minimum atomic E-state index is -0.119. The van der Waals surface area contributed by atoms with E-state index >= 15 is 0 Å². The third-order valence-corrected chi connectivity index (χ3v) is 4.36. The molecule has 0 saturated carbocycles. The number of nitrogens with zero attached hydrogens (tertiary/aromatic N) is 2. The minimum absolute atomic E-state index is 0.0938. The molecule has 3 nitrogen and oxygen atoms in total. The van der Waals surface area contributed by atoms with E-state index in [4.69, 9.17) is 11.6 Å². The topological polar surface area (TPSA) is 33.2 Å². The first kappa shape index (κ1) is 16.3. The van der Waals surface area contributed by atoms with Gasteiger partial charge in [0.1, 0.15) is 5.15 Å². The first-order chi connectivity index (χ1) is 9.82. The van der Waals surface area contributed by atoms with Crippen molar-refractivity contribution in [2.24, 2.45) is 0 Å². The van der Waals surface area contributed by atoms with Crippen LogP contribution in [0.3, 0.4) is 0 Å². The van der Waals surface area contributed by atoms with E-state index in [-0.39, 0.29) is 11.3 Å². The Labute approximate surface area is 132 Å². The second kappa shape index (κ2) is 6.35. The van der Waals surface area contributed by atoms with E-state index in [1.54, 1.807) is 6.07 Å². The number of hydrogen-bond donors (Lipinski definition) is 0. The van der Waals surface area contributed by atoms with Crippen LogP contribution in [-0.4, -0.2) is 28.4 Å². The molecule has 1 unspecified atom stereocenters. The van der Waals surface area contributed by atoms with Gasteiger partial charge in [0.2, 0.25) is 0 Å². The number of rotatable bonds is 2. The summed E-state index contributed by atoms with van der Waals surface area (Å²) >= 11 is 6.13. The number of aromatic nitrogens is 1. The molecule has 1 aromatic heterocycles. The van der Waals surface area contributed by atoms with Crippen molar-refractivity contribution in [3.8, 4) is 0 Å². The Bertz CT molecular complexity index is 522. The molecule has 1 aliphatic rings. The van der Waals surface area contributed by atoms with Gasteiger partial charge in [-0.2, -0.15) is 0 Å². The first-order valence-corrected chi connectivity index (χ1v) is 8.19. The van der Waals surface area contributed by atoms with Crippen LogP contribution in [0.5, 0.6) is 0 Å². The van der Waals surface area contributed by atoms with Gasteiger partial charge in [-0.3, -0.25) is 4.79 Å². The Hall–Kier alpha value is -1.09. The van der Waals surface area contributed by atoms with Gasteiger partial charge in [-0.1, -0.05) is 39.3 Å². The monoisotopic (exact) mass is 308 g/mol. The van der Waals surface area contributed by atoms with Crippen LogP contribution >= 0.6 is 11.6 Å². The molecule has 0 aromatic carbocycles. The summed E-state index contributed by atoms with van der Waals surface area (Å²) in [7, 11) is 0. The van der Waals surface area contributed by atoms with Gasteiger partial charge < -0.3 is 4.90 Å². The molecule has 1 saturated heterocycles. The molecule has 2 heterocycles. The number of likely N-dealkylation sites (tertiary alicyclic amines) is 1. The van der Waals surface area contributed by atoms with Crippen LogP contribution in [0.1, 0.15) is 69.4 Å². The number of amides is 1. The van der Waals surface area contributed by atoms with E-state index in [1.807, 2.05) is 11.0 Å². The zero-order valence-corrected chi connectivity index (χ0v) is 14.2. The van der Waals surface area contributed by atoms with Crippen LogP contribution in [-0.2, 0) is 5.41 Å². The summed E-state index contributed by atoms with van der Waals surface area (Å²) in [6, 6.07) is 3.95. The fourth-order valence-corrected chi connectivity index (χ4v) is 3.07. The van der Waals surface area contributed by atoms with Crippen LogP contribution < -0.4 is 0 Å². The van der Waals surface area contributed by atoms with Gasteiger partial charge in [0.15, 0.2) is 0 Å². The van der Waals surface area contributed by atoms with E-state index in [9.17, 15) is 4.79 Å². The molecule has 0 bridgehead atoms. The molecule has 116 valence electrons. The number of carbonyl (C=O) groups excluding carboxylic acids is 1. The molecule has 0 aliphatic carbocycles. The summed E-state index contributed by atoms with van der Waals surface area (Å²) in [5.74, 6) is 0.0938. The number of hydrogen-bond acceptors (Lipinski definition) is 2. The summed E-state index contributed by atoms with van der Waals surface area (Å²) in [5, 5.41) is 0.399. The van der Waals surface area contributed by atoms with Gasteiger partial charge in [0.05, 0.1) is 0 Å². The van der Waals surface area contributed by atoms with Crippen molar-refractivity contribution in [3.63, 3.8) is 0 Å². The molecule has 2 rings (SSSR count). The molecule has 1 fully saturated rings. The molecule has 0 spiro atoms. The number of pyridine rings is 1. The molecular formula is C17H25ClN2O. The molecule has 0 N–H and O–H groups in total. The Kier molecular flexibility index (Phi) is 4.92. The van der Waals surface area contributed by atoms with Crippen molar-refractivity contribution >= 4 is 17.5 Å². The SMILES string of the molecule is CCC1CCCCN1C(=O)c1cc(Cl)nc(C(C)(C)C)c1. The summed E-state index contributed by atoms with van der Waals surface area (Å²) in [6.45, 7) is 9.24. The lowest BCUT2D eigenvalue weighted by molar-refractivity contribution is 0.0607. The Balaban J connectivity index is 2.32. The van der Waals surface area contributed by atoms with Crippen LogP contribution in [0, 0.1) is 0 Å². The van der Waals surface area contributed by atoms with Crippen molar-refractivity contribution < 1.29 is 4.79 Å². The fraction of sp³-hybridized carbons (Fsp3) is 0.647. The van der Waals surface area contributed by atoms with Crippen molar-refractivity contribution in [1.29, 1.82) is 0 Å². The predicted octanol–water partition coefficient (Wildman–Crippen LogP) is 4.44. The minimum Gasteiger partial charge on any atom is -0.336 e. The molecule has 1 aromatic rings. The van der Waals surface area contributed by atoms with E-state index < -0.39 is 0 Å². The quantitative estimate of drug-likeness (QED) is 0.757. The third-order valence-electron chi connectivity index (χ3n) is 4.17. The average Bonchev–Trinajstić information content (AvgIpc) is 2.45. The lowest BCUT2D eigenvalue weighted by Crippen LogP contribution is -2.43. The van der Waals surface area contributed by atoms with Crippen molar-refractivity contribution in [3.05, 3.63) is 28.5 Å². The van der Waals surface area contributed by atoms with Crippen LogP contribution in [0.2, 0.25) is 5.15 Å². The highest BCUT2D eigenvalue weighted by Gasteiger charge is 2.27. The van der Waals surface area contributed by atoms with Gasteiger partial charge in [-0.15, -0.1) is 0 Å². The Morgan fingerprint density at radius 2 is 2.10 bits per heavy atom. The molecule has 4 heteroatoms. The highest BCUT2D eigenvalue weighted by molar-refractivity contribution is 6.29. The number of piperidine rings is 1. The highest BCUT2D eigenvalue weighted by atomic mass is 35.5. The number of halogens is 1. The number of carbonyl (C=O) groups is 1. The maximum atomic E-state index is 12.8. The van der Waals surface area contributed by atoms with Crippen molar-refractivity contribution in [1.82, 2.24) is 9.88 Å². The first-order valence-electron chi connectivity index (χ1n) is 7.82. The van der Waals surface area contributed by atoms with E-state index in [2.05, 4.69) is 32.7 Å². The third kappa shape index (κ3) is 3.76. The summed E-state index contributed by atoms with van der Waals surface area (Å²) in [4.78, 5) is 19.2. The average molecular weight is 309 g/mol. The lowest BCUT2D eigenvalue weighted by Gasteiger charge is -2.35. The van der Waals surface area contributed by atoms with Gasteiger partial charge in [0.25, 0.3) is 5.91 Å². The summed E-state index contributed by atoms with van der Waals surface area (Å²) in [6.07, 6.45) is 4.42. The van der Waals surface area contributed by atoms with Gasteiger partial charge in [0, 0.05) is 29.3 Å². The van der Waals surface area contributed by atoms with E-state index in [0.29, 0.717) is 16.8 Å². The highest BCUT2D eigenvalue weighted by Crippen LogP contribution is 2.26. The standard InChI is InChI=1S/C17H25ClN2O/c1-5-13-8-6-7-9-20(13)16(21)12-10-14(17(2,3)4)19-15(18)11-12/h10-11,13H,5-9H2,1-4H3. The smallest absolute Gasteiger partial charge is 0.254 e. The van der Waals surface area contributed by atoms with E-state index in [0.717, 1.165) is 31.5 Å². The largest absolute Gasteiger partial charge is 0.336 e. The Morgan fingerprint density at radius 3 is 2.71 bits per heavy atom. The van der Waals surface area contributed by atoms with Crippen molar-refractivity contribution in [2.45, 2.75) is 64.8 Å². The van der Waals surface area contributed by atoms with Gasteiger partial charge in [-0.05, 0) is 37.8 Å². The van der Waals surface area contributed by atoms with Gasteiger partial charge in [-0.25, -0.2) is 4.98 Å². The maximum absolute atomic E-state index is 12.8. The van der Waals surface area contributed by atoms with E-state index in [1.165, 1.54) is 6.42 Å². The second-order valence-corrected chi connectivity index (χ2v) is 7.26. The van der Waals surface area contributed by atoms with Gasteiger partial charge >= 0.3 is 0 Å². The fourth-order valence-electron chi connectivity index (χ4n) is 2.86. The maximum Gasteiger partial charge on any atom is 0.254 e. The molecule has 1 atom stereocenters. The Morgan fingerprint density at radius 1 is 1.38 bits per heavy atom. The summed E-state index contributed by atoms with van der Waals surface area (Å²) < 4.78 is 0. The predicted molar refractivity (Wildman–Crippen MR) is 86.9 cm³/mol. The summed E-state index contributed by atoms with van der Waals surface area (Å²) in [5.41, 5.74) is 1.41. The molecule has 1 aliphatic heterocycles. The lowest BCUT2D eigenvalue weighted by atomic mass is 9.90. The van der Waals surface area contributed by atoms with Crippen LogP contribution in [0.25, 0.3) is 0 Å². The zero-order valence-electron chi connectivity index (χ0n) is 13.4. The molecule has 21 heavy (non-hydrogen) atoms. The van der Waals surface area contributed by atoms with Crippen molar-refractivity contribution in [2.75, 3.05) is 6.54 Å². The molecule has 1 amide bonds. The molecular weight excluding hydrogens is 284 g/mol. The van der Waals surface area contributed by atoms with Crippen LogP contribution in [0.4, 0.5) is 0 Å². The second-order valence-electron chi connectivity index (χ2n) is 6.87.